The van der Waals surface area contributed by atoms with Crippen LogP contribution in [0.4, 0.5) is 0 Å². The SMILES string of the molecule is CCCC(N)c1nc(OC)[nH]c1C. The van der Waals surface area contributed by atoms with E-state index in [1.807, 2.05) is 6.92 Å². The van der Waals surface area contributed by atoms with Gasteiger partial charge in [-0.05, 0) is 13.3 Å². The number of hydrogen-bond acceptors (Lipinski definition) is 3. The van der Waals surface area contributed by atoms with E-state index >= 15 is 0 Å². The monoisotopic (exact) mass is 183 g/mol. The zero-order valence-corrected chi connectivity index (χ0v) is 8.42. The predicted molar refractivity (Wildman–Crippen MR) is 51.7 cm³/mol. The summed E-state index contributed by atoms with van der Waals surface area (Å²) in [5.41, 5.74) is 7.85. The van der Waals surface area contributed by atoms with E-state index in [1.54, 1.807) is 7.11 Å². The molecule has 1 rings (SSSR count). The molecule has 1 aromatic rings. The summed E-state index contributed by atoms with van der Waals surface area (Å²) in [5, 5.41) is 0. The van der Waals surface area contributed by atoms with Crippen molar-refractivity contribution < 1.29 is 4.74 Å². The van der Waals surface area contributed by atoms with E-state index in [9.17, 15) is 0 Å². The van der Waals surface area contributed by atoms with Crippen LogP contribution in [0.5, 0.6) is 6.01 Å². The number of aromatic nitrogens is 2. The predicted octanol–water partition coefficient (Wildman–Crippen LogP) is 1.53. The third kappa shape index (κ3) is 2.21. The van der Waals surface area contributed by atoms with Crippen molar-refractivity contribution in [2.45, 2.75) is 32.7 Å². The molecule has 1 aromatic heterocycles. The molecule has 0 aliphatic heterocycles. The standard InChI is InChI=1S/C9H17N3O/c1-4-5-7(10)8-6(2)11-9(12-8)13-3/h7H,4-5,10H2,1-3H3,(H,11,12). The van der Waals surface area contributed by atoms with Crippen molar-refractivity contribution in [3.05, 3.63) is 11.4 Å². The highest BCUT2D eigenvalue weighted by atomic mass is 16.5. The van der Waals surface area contributed by atoms with E-state index in [0.717, 1.165) is 24.2 Å². The largest absolute Gasteiger partial charge is 0.468 e. The first-order valence-electron chi connectivity index (χ1n) is 4.55. The smallest absolute Gasteiger partial charge is 0.293 e. The van der Waals surface area contributed by atoms with E-state index in [-0.39, 0.29) is 6.04 Å². The number of nitrogens with zero attached hydrogens (tertiary/aromatic N) is 1. The minimum absolute atomic E-state index is 0.0187. The molecule has 3 N–H and O–H groups in total. The van der Waals surface area contributed by atoms with Crippen molar-refractivity contribution in [1.82, 2.24) is 9.97 Å². The van der Waals surface area contributed by atoms with Gasteiger partial charge in [-0.15, -0.1) is 0 Å². The molecular formula is C9H17N3O. The Hall–Kier alpha value is -1.03. The Balaban J connectivity index is 2.80. The normalized spacial score (nSPS) is 12.9. The second kappa shape index (κ2) is 4.28. The van der Waals surface area contributed by atoms with Gasteiger partial charge in [0, 0.05) is 11.7 Å². The first-order chi connectivity index (χ1) is 6.19. The fourth-order valence-electron chi connectivity index (χ4n) is 1.35. The van der Waals surface area contributed by atoms with Crippen molar-refractivity contribution in [3.8, 4) is 6.01 Å². The van der Waals surface area contributed by atoms with Gasteiger partial charge in [-0.3, -0.25) is 0 Å². The lowest BCUT2D eigenvalue weighted by atomic mass is 10.1. The maximum absolute atomic E-state index is 5.94. The lowest BCUT2D eigenvalue weighted by Gasteiger charge is -2.06. The average molecular weight is 183 g/mol. The third-order valence-corrected chi connectivity index (χ3v) is 2.04. The maximum atomic E-state index is 5.94. The molecule has 0 aromatic carbocycles. The summed E-state index contributed by atoms with van der Waals surface area (Å²) in [5.74, 6) is 0. The van der Waals surface area contributed by atoms with E-state index in [0.29, 0.717) is 6.01 Å². The Morgan fingerprint density at radius 2 is 2.31 bits per heavy atom. The van der Waals surface area contributed by atoms with Crippen molar-refractivity contribution in [1.29, 1.82) is 0 Å². The molecule has 0 aliphatic rings. The van der Waals surface area contributed by atoms with E-state index in [1.165, 1.54) is 0 Å². The van der Waals surface area contributed by atoms with Crippen LogP contribution in [-0.2, 0) is 0 Å². The first-order valence-corrected chi connectivity index (χ1v) is 4.55. The van der Waals surface area contributed by atoms with Gasteiger partial charge in [0.15, 0.2) is 0 Å². The average Bonchev–Trinajstić information content (AvgIpc) is 2.47. The van der Waals surface area contributed by atoms with E-state index in [2.05, 4.69) is 16.9 Å². The van der Waals surface area contributed by atoms with Gasteiger partial charge in [-0.1, -0.05) is 13.3 Å². The quantitative estimate of drug-likeness (QED) is 0.744. The summed E-state index contributed by atoms with van der Waals surface area (Å²) in [6, 6.07) is 0.559. The van der Waals surface area contributed by atoms with E-state index < -0.39 is 0 Å². The summed E-state index contributed by atoms with van der Waals surface area (Å²) in [6.07, 6.45) is 2.02. The highest BCUT2D eigenvalue weighted by molar-refractivity contribution is 5.19. The minimum atomic E-state index is 0.0187. The van der Waals surface area contributed by atoms with Gasteiger partial charge < -0.3 is 15.5 Å². The molecule has 1 atom stereocenters. The summed E-state index contributed by atoms with van der Waals surface area (Å²) in [4.78, 5) is 7.26. The molecule has 4 nitrogen and oxygen atoms in total. The van der Waals surface area contributed by atoms with Crippen molar-refractivity contribution in [2.75, 3.05) is 7.11 Å². The Morgan fingerprint density at radius 1 is 1.62 bits per heavy atom. The number of imidazole rings is 1. The lowest BCUT2D eigenvalue weighted by molar-refractivity contribution is 0.382. The van der Waals surface area contributed by atoms with Gasteiger partial charge in [0.05, 0.1) is 12.8 Å². The van der Waals surface area contributed by atoms with Crippen LogP contribution in [0, 0.1) is 6.92 Å². The summed E-state index contributed by atoms with van der Waals surface area (Å²) < 4.78 is 4.98. The molecule has 1 unspecified atom stereocenters. The molecule has 0 bridgehead atoms. The Kier molecular flexibility index (Phi) is 3.31. The molecule has 0 fully saturated rings. The van der Waals surface area contributed by atoms with Crippen LogP contribution < -0.4 is 10.5 Å². The molecule has 13 heavy (non-hydrogen) atoms. The molecule has 0 saturated heterocycles. The molecule has 74 valence electrons. The van der Waals surface area contributed by atoms with Gasteiger partial charge in [0.25, 0.3) is 6.01 Å². The number of methoxy groups -OCH3 is 1. The van der Waals surface area contributed by atoms with Crippen LogP contribution in [-0.4, -0.2) is 17.1 Å². The molecule has 0 aliphatic carbocycles. The topological polar surface area (TPSA) is 63.9 Å². The van der Waals surface area contributed by atoms with Crippen LogP contribution in [0.1, 0.15) is 37.2 Å². The Labute approximate surface area is 78.5 Å². The second-order valence-corrected chi connectivity index (χ2v) is 3.15. The third-order valence-electron chi connectivity index (χ3n) is 2.04. The second-order valence-electron chi connectivity index (χ2n) is 3.15. The molecule has 1 heterocycles. The van der Waals surface area contributed by atoms with Gasteiger partial charge in [-0.25, -0.2) is 0 Å². The fraction of sp³-hybridized carbons (Fsp3) is 0.667. The lowest BCUT2D eigenvalue weighted by Crippen LogP contribution is -2.11. The molecule has 0 spiro atoms. The number of rotatable bonds is 4. The van der Waals surface area contributed by atoms with Gasteiger partial charge >= 0.3 is 0 Å². The Morgan fingerprint density at radius 3 is 2.77 bits per heavy atom. The number of H-pyrrole nitrogens is 1. The van der Waals surface area contributed by atoms with Crippen molar-refractivity contribution in [3.63, 3.8) is 0 Å². The number of hydrogen-bond donors (Lipinski definition) is 2. The molecular weight excluding hydrogens is 166 g/mol. The number of nitrogens with two attached hydrogens (primary N) is 1. The molecule has 4 heteroatoms. The zero-order chi connectivity index (χ0) is 9.84. The fourth-order valence-corrected chi connectivity index (χ4v) is 1.35. The van der Waals surface area contributed by atoms with Crippen LogP contribution >= 0.6 is 0 Å². The number of aryl methyl sites for hydroxylation is 1. The summed E-state index contributed by atoms with van der Waals surface area (Å²) >= 11 is 0. The highest BCUT2D eigenvalue weighted by Crippen LogP contribution is 2.19. The van der Waals surface area contributed by atoms with Crippen LogP contribution in [0.2, 0.25) is 0 Å². The zero-order valence-electron chi connectivity index (χ0n) is 8.42. The molecule has 0 radical (unpaired) electrons. The number of nitrogens with one attached hydrogen (secondary N) is 1. The van der Waals surface area contributed by atoms with Crippen LogP contribution in [0.25, 0.3) is 0 Å². The minimum Gasteiger partial charge on any atom is -0.468 e. The number of aromatic amines is 1. The summed E-state index contributed by atoms with van der Waals surface area (Å²) in [6.45, 7) is 4.07. The van der Waals surface area contributed by atoms with Crippen LogP contribution in [0.15, 0.2) is 0 Å². The van der Waals surface area contributed by atoms with E-state index in [4.69, 9.17) is 10.5 Å². The number of ether oxygens (including phenoxy) is 1. The van der Waals surface area contributed by atoms with Crippen molar-refractivity contribution >= 4 is 0 Å². The van der Waals surface area contributed by atoms with Crippen molar-refractivity contribution in [2.24, 2.45) is 5.73 Å². The van der Waals surface area contributed by atoms with Crippen LogP contribution in [0.3, 0.4) is 0 Å². The first kappa shape index (κ1) is 10.1. The molecule has 0 saturated carbocycles. The summed E-state index contributed by atoms with van der Waals surface area (Å²) in [7, 11) is 1.59. The highest BCUT2D eigenvalue weighted by Gasteiger charge is 2.13. The maximum Gasteiger partial charge on any atom is 0.293 e. The van der Waals surface area contributed by atoms with Gasteiger partial charge in [-0.2, -0.15) is 4.98 Å². The van der Waals surface area contributed by atoms with Gasteiger partial charge in [0.1, 0.15) is 0 Å². The van der Waals surface area contributed by atoms with Gasteiger partial charge in [0.2, 0.25) is 0 Å². The molecule has 0 amide bonds. The Bertz CT molecular complexity index is 270.